The third-order valence-electron chi connectivity index (χ3n) is 5.27. The molecule has 3 heterocycles. The van der Waals surface area contributed by atoms with E-state index in [9.17, 15) is 4.79 Å². The van der Waals surface area contributed by atoms with Crippen molar-refractivity contribution in [3.63, 3.8) is 0 Å². The Bertz CT molecular complexity index is 861. The number of piperidine rings is 1. The first-order valence-corrected chi connectivity index (χ1v) is 9.47. The first kappa shape index (κ1) is 17.1. The summed E-state index contributed by atoms with van der Waals surface area (Å²) in [4.78, 5) is 19.0. The summed E-state index contributed by atoms with van der Waals surface area (Å²) in [6.07, 6.45) is 9.96. The maximum Gasteiger partial charge on any atom is 0.411 e. The molecular weight excluding hydrogens is 324 g/mol. The van der Waals surface area contributed by atoms with Crippen LogP contribution in [0.2, 0.25) is 0 Å². The molecule has 2 aromatic rings. The number of ether oxygens (including phenoxy) is 1. The highest BCUT2D eigenvalue weighted by molar-refractivity contribution is 5.93. The average molecular weight is 350 g/mol. The molecule has 0 N–H and O–H groups in total. The highest BCUT2D eigenvalue weighted by Crippen LogP contribution is 2.39. The Hall–Kier alpha value is -2.36. The summed E-state index contributed by atoms with van der Waals surface area (Å²) >= 11 is 0. The summed E-state index contributed by atoms with van der Waals surface area (Å²) in [7, 11) is 0. The minimum Gasteiger partial charge on any atom is -0.444 e. The van der Waals surface area contributed by atoms with E-state index in [0.29, 0.717) is 0 Å². The summed E-state index contributed by atoms with van der Waals surface area (Å²) in [5.74, 6) is 0. The second-order valence-electron chi connectivity index (χ2n) is 8.34. The van der Waals surface area contributed by atoms with Crippen LogP contribution in [-0.4, -0.2) is 33.7 Å². The van der Waals surface area contributed by atoms with Gasteiger partial charge in [-0.1, -0.05) is 24.3 Å². The fourth-order valence-corrected chi connectivity index (χ4v) is 4.22. The zero-order chi connectivity index (χ0) is 18.3. The van der Waals surface area contributed by atoms with Crippen LogP contribution in [0.25, 0.3) is 16.3 Å². The van der Waals surface area contributed by atoms with Gasteiger partial charge in [-0.05, 0) is 69.0 Å². The summed E-state index contributed by atoms with van der Waals surface area (Å²) in [5, 5.41) is 2.39. The zero-order valence-corrected chi connectivity index (χ0v) is 15.7. The van der Waals surface area contributed by atoms with Gasteiger partial charge >= 0.3 is 6.09 Å². The molecule has 2 bridgehead atoms. The zero-order valence-electron chi connectivity index (χ0n) is 15.7. The standard InChI is InChI=1S/C22H26N2O2/c1-22(2,3)26-21(25)24-17-7-5-8-18(24)13-16(12-17)19-9-4-6-15-10-11-23-14-20(15)19/h4,6,9-12,14,17-18H,5,7-8,13H2,1-3H3. The van der Waals surface area contributed by atoms with E-state index in [1.807, 2.05) is 38.1 Å². The predicted octanol–water partition coefficient (Wildman–Crippen LogP) is 5.18. The van der Waals surface area contributed by atoms with Crippen molar-refractivity contribution in [2.75, 3.05) is 0 Å². The van der Waals surface area contributed by atoms with Crippen LogP contribution in [0, 0.1) is 0 Å². The highest BCUT2D eigenvalue weighted by Gasteiger charge is 2.39. The first-order valence-electron chi connectivity index (χ1n) is 9.47. The number of pyridine rings is 1. The van der Waals surface area contributed by atoms with Crippen LogP contribution in [0.3, 0.4) is 0 Å². The van der Waals surface area contributed by atoms with Gasteiger partial charge in [-0.2, -0.15) is 0 Å². The minimum absolute atomic E-state index is 0.124. The van der Waals surface area contributed by atoms with Crippen LogP contribution in [0.5, 0.6) is 0 Å². The van der Waals surface area contributed by atoms with Gasteiger partial charge in [-0.25, -0.2) is 4.79 Å². The van der Waals surface area contributed by atoms with Crippen molar-refractivity contribution in [3.8, 4) is 0 Å². The largest absolute Gasteiger partial charge is 0.444 e. The lowest BCUT2D eigenvalue weighted by Crippen LogP contribution is -2.53. The van der Waals surface area contributed by atoms with Crippen LogP contribution in [0.4, 0.5) is 4.79 Å². The molecule has 2 atom stereocenters. The topological polar surface area (TPSA) is 42.4 Å². The number of benzene rings is 1. The molecule has 4 rings (SSSR count). The van der Waals surface area contributed by atoms with E-state index in [1.165, 1.54) is 21.9 Å². The van der Waals surface area contributed by atoms with E-state index in [4.69, 9.17) is 4.74 Å². The van der Waals surface area contributed by atoms with Crippen molar-refractivity contribution < 1.29 is 9.53 Å². The quantitative estimate of drug-likeness (QED) is 0.711. The molecule has 1 amide bonds. The monoisotopic (exact) mass is 350 g/mol. The minimum atomic E-state index is -0.462. The Morgan fingerprint density at radius 1 is 1.23 bits per heavy atom. The predicted molar refractivity (Wildman–Crippen MR) is 104 cm³/mol. The number of nitrogens with zero attached hydrogens (tertiary/aromatic N) is 2. The fourth-order valence-electron chi connectivity index (χ4n) is 4.22. The van der Waals surface area contributed by atoms with E-state index in [2.05, 4.69) is 35.3 Å². The highest BCUT2D eigenvalue weighted by atomic mass is 16.6. The van der Waals surface area contributed by atoms with Gasteiger partial charge in [0, 0.05) is 23.8 Å². The van der Waals surface area contributed by atoms with Crippen molar-refractivity contribution in [2.24, 2.45) is 0 Å². The summed E-state index contributed by atoms with van der Waals surface area (Å²) in [6.45, 7) is 5.78. The van der Waals surface area contributed by atoms with Crippen molar-refractivity contribution in [2.45, 2.75) is 64.1 Å². The summed E-state index contributed by atoms with van der Waals surface area (Å²) in [5.41, 5.74) is 2.12. The molecule has 0 radical (unpaired) electrons. The second kappa shape index (κ2) is 6.42. The molecule has 0 aliphatic carbocycles. The number of fused-ring (bicyclic) bond motifs is 3. The Balaban J connectivity index is 1.69. The second-order valence-corrected chi connectivity index (χ2v) is 8.34. The normalized spacial score (nSPS) is 22.9. The summed E-state index contributed by atoms with van der Waals surface area (Å²) < 4.78 is 5.67. The summed E-state index contributed by atoms with van der Waals surface area (Å²) in [6, 6.07) is 8.80. The van der Waals surface area contributed by atoms with Crippen LogP contribution in [0.1, 0.15) is 52.0 Å². The molecule has 4 nitrogen and oxygen atoms in total. The molecule has 2 aliphatic heterocycles. The van der Waals surface area contributed by atoms with E-state index in [0.717, 1.165) is 25.7 Å². The lowest BCUT2D eigenvalue weighted by molar-refractivity contribution is 0.0000926. The first-order chi connectivity index (χ1) is 12.4. The van der Waals surface area contributed by atoms with E-state index in [1.54, 1.807) is 0 Å². The Kier molecular flexibility index (Phi) is 4.22. The Morgan fingerprint density at radius 3 is 2.85 bits per heavy atom. The smallest absolute Gasteiger partial charge is 0.411 e. The molecule has 2 aliphatic rings. The van der Waals surface area contributed by atoms with Crippen LogP contribution in [-0.2, 0) is 4.74 Å². The van der Waals surface area contributed by atoms with Crippen LogP contribution >= 0.6 is 0 Å². The van der Waals surface area contributed by atoms with Gasteiger partial charge in [0.2, 0.25) is 0 Å². The lowest BCUT2D eigenvalue weighted by Gasteiger charge is -2.45. The molecule has 2 unspecified atom stereocenters. The molecular formula is C22H26N2O2. The van der Waals surface area contributed by atoms with Gasteiger partial charge in [0.25, 0.3) is 0 Å². The third-order valence-corrected chi connectivity index (χ3v) is 5.27. The Labute approximate surface area is 154 Å². The number of rotatable bonds is 1. The van der Waals surface area contributed by atoms with E-state index < -0.39 is 5.60 Å². The number of carbonyl (C=O) groups is 1. The molecule has 0 spiro atoms. The molecule has 1 saturated heterocycles. The molecule has 1 aromatic heterocycles. The van der Waals surface area contributed by atoms with Crippen molar-refractivity contribution in [1.82, 2.24) is 9.88 Å². The maximum atomic E-state index is 12.7. The van der Waals surface area contributed by atoms with E-state index in [-0.39, 0.29) is 18.2 Å². The number of carbonyl (C=O) groups excluding carboxylic acids is 1. The van der Waals surface area contributed by atoms with Gasteiger partial charge in [-0.3, -0.25) is 9.88 Å². The van der Waals surface area contributed by atoms with Crippen molar-refractivity contribution >= 4 is 22.4 Å². The van der Waals surface area contributed by atoms with Gasteiger partial charge in [0.1, 0.15) is 5.60 Å². The third kappa shape index (κ3) is 3.20. The fraction of sp³-hybridized carbons (Fsp3) is 0.455. The number of aromatic nitrogens is 1. The van der Waals surface area contributed by atoms with Crippen molar-refractivity contribution in [3.05, 3.63) is 48.3 Å². The number of hydrogen-bond acceptors (Lipinski definition) is 3. The molecule has 136 valence electrons. The van der Waals surface area contributed by atoms with Gasteiger partial charge in [-0.15, -0.1) is 0 Å². The number of hydrogen-bond donors (Lipinski definition) is 0. The van der Waals surface area contributed by atoms with Crippen molar-refractivity contribution in [1.29, 1.82) is 0 Å². The van der Waals surface area contributed by atoms with Gasteiger partial charge in [0.05, 0.1) is 6.04 Å². The molecule has 26 heavy (non-hydrogen) atoms. The molecule has 4 heteroatoms. The van der Waals surface area contributed by atoms with Crippen LogP contribution in [0.15, 0.2) is 42.7 Å². The SMILES string of the molecule is CC(C)(C)OC(=O)N1C2C=C(c3cccc4ccncc34)CC1CCC2. The van der Waals surface area contributed by atoms with Gasteiger partial charge in [0.15, 0.2) is 0 Å². The maximum absolute atomic E-state index is 12.7. The van der Waals surface area contributed by atoms with Crippen LogP contribution < -0.4 is 0 Å². The molecule has 1 fully saturated rings. The molecule has 1 aromatic carbocycles. The molecule has 0 saturated carbocycles. The van der Waals surface area contributed by atoms with Gasteiger partial charge < -0.3 is 4.74 Å². The number of amides is 1. The van der Waals surface area contributed by atoms with E-state index >= 15 is 0 Å². The lowest BCUT2D eigenvalue weighted by atomic mass is 9.82. The Morgan fingerprint density at radius 2 is 2.08 bits per heavy atom. The average Bonchev–Trinajstić information content (AvgIpc) is 2.58.